The minimum absolute atomic E-state index is 0. The van der Waals surface area contributed by atoms with Gasteiger partial charge >= 0.3 is 5.97 Å². The van der Waals surface area contributed by atoms with Crippen LogP contribution in [0.15, 0.2) is 24.3 Å². The molecule has 86 valence electrons. The monoisotopic (exact) mass is 257 g/mol. The molecule has 1 aromatic heterocycles. The van der Waals surface area contributed by atoms with Crippen LogP contribution in [-0.4, -0.2) is 12.6 Å². The minimum Gasteiger partial charge on any atom is -0.462 e. The second-order valence-electron chi connectivity index (χ2n) is 3.13. The van der Waals surface area contributed by atoms with Crippen LogP contribution in [0.2, 0.25) is 0 Å². The smallest absolute Gasteiger partial charge is 0.348 e. The van der Waals surface area contributed by atoms with E-state index in [4.69, 9.17) is 10.5 Å². The van der Waals surface area contributed by atoms with Gasteiger partial charge in [0, 0.05) is 10.4 Å². The number of anilines is 1. The Morgan fingerprint density at radius 2 is 2.19 bits per heavy atom. The molecule has 0 unspecified atom stereocenters. The van der Waals surface area contributed by atoms with Crippen molar-refractivity contribution in [1.29, 1.82) is 0 Å². The van der Waals surface area contributed by atoms with Crippen molar-refractivity contribution in [2.24, 2.45) is 0 Å². The highest BCUT2D eigenvalue weighted by atomic mass is 35.5. The molecule has 1 aromatic carbocycles. The summed E-state index contributed by atoms with van der Waals surface area (Å²) in [6.45, 7) is 2.19. The van der Waals surface area contributed by atoms with Gasteiger partial charge in [-0.3, -0.25) is 0 Å². The minimum atomic E-state index is -0.266. The maximum absolute atomic E-state index is 11.5. The first-order valence-corrected chi connectivity index (χ1v) is 5.48. The van der Waals surface area contributed by atoms with Gasteiger partial charge in [0.05, 0.1) is 6.61 Å². The highest BCUT2D eigenvalue weighted by Crippen LogP contribution is 2.27. The molecule has 5 heteroatoms. The molecule has 0 aliphatic heterocycles. The average molecular weight is 258 g/mol. The fourth-order valence-electron chi connectivity index (χ4n) is 1.36. The van der Waals surface area contributed by atoms with Gasteiger partial charge < -0.3 is 10.5 Å². The number of hydrogen-bond donors (Lipinski definition) is 1. The van der Waals surface area contributed by atoms with Crippen molar-refractivity contribution in [2.45, 2.75) is 6.92 Å². The van der Waals surface area contributed by atoms with Crippen LogP contribution >= 0.6 is 23.7 Å². The molecule has 0 saturated carbocycles. The summed E-state index contributed by atoms with van der Waals surface area (Å²) in [5, 5.41) is 0.989. The Morgan fingerprint density at radius 1 is 1.44 bits per heavy atom. The fraction of sp³-hybridized carbons (Fsp3) is 0.182. The number of hydrogen-bond acceptors (Lipinski definition) is 4. The van der Waals surface area contributed by atoms with Crippen LogP contribution in [0.4, 0.5) is 5.69 Å². The first-order chi connectivity index (χ1) is 7.20. The van der Waals surface area contributed by atoms with Crippen molar-refractivity contribution in [1.82, 2.24) is 0 Å². The summed E-state index contributed by atoms with van der Waals surface area (Å²) in [6, 6.07) is 7.41. The molecule has 1 heterocycles. The number of halogens is 1. The van der Waals surface area contributed by atoms with Crippen LogP contribution in [0.25, 0.3) is 10.1 Å². The first kappa shape index (κ1) is 12.8. The van der Waals surface area contributed by atoms with E-state index in [-0.39, 0.29) is 18.4 Å². The Morgan fingerprint density at radius 3 is 2.88 bits per heavy atom. The van der Waals surface area contributed by atoms with Crippen LogP contribution in [-0.2, 0) is 4.74 Å². The van der Waals surface area contributed by atoms with E-state index < -0.39 is 0 Å². The summed E-state index contributed by atoms with van der Waals surface area (Å²) in [5.74, 6) is -0.266. The number of carbonyl (C=O) groups is 1. The van der Waals surface area contributed by atoms with E-state index in [9.17, 15) is 4.79 Å². The Labute approximate surface area is 104 Å². The number of benzene rings is 1. The maximum Gasteiger partial charge on any atom is 0.348 e. The van der Waals surface area contributed by atoms with Gasteiger partial charge in [-0.1, -0.05) is 0 Å². The highest BCUT2D eigenvalue weighted by molar-refractivity contribution is 7.20. The lowest BCUT2D eigenvalue weighted by atomic mass is 10.2. The van der Waals surface area contributed by atoms with Gasteiger partial charge in [-0.2, -0.15) is 0 Å². The summed E-state index contributed by atoms with van der Waals surface area (Å²) < 4.78 is 5.98. The third-order valence-electron chi connectivity index (χ3n) is 2.02. The Bertz CT molecular complexity index is 510. The van der Waals surface area contributed by atoms with Crippen molar-refractivity contribution in [3.05, 3.63) is 29.1 Å². The second-order valence-corrected chi connectivity index (χ2v) is 4.21. The van der Waals surface area contributed by atoms with Gasteiger partial charge in [0.1, 0.15) is 4.88 Å². The third-order valence-corrected chi connectivity index (χ3v) is 3.11. The largest absolute Gasteiger partial charge is 0.462 e. The normalized spacial score (nSPS) is 9.81. The molecule has 0 saturated heterocycles. The predicted molar refractivity (Wildman–Crippen MR) is 69.4 cm³/mol. The molecule has 0 atom stereocenters. The molecular weight excluding hydrogens is 246 g/mol. The average Bonchev–Trinajstić information content (AvgIpc) is 2.60. The number of thiophene rings is 1. The van der Waals surface area contributed by atoms with Crippen molar-refractivity contribution < 1.29 is 9.53 Å². The Kier molecular flexibility index (Phi) is 4.15. The molecule has 0 aliphatic rings. The van der Waals surface area contributed by atoms with E-state index in [1.807, 2.05) is 24.3 Å². The van der Waals surface area contributed by atoms with Gasteiger partial charge in [-0.05, 0) is 36.6 Å². The van der Waals surface area contributed by atoms with Crippen molar-refractivity contribution in [2.75, 3.05) is 12.3 Å². The molecule has 0 aliphatic carbocycles. The number of carbonyl (C=O) groups excluding carboxylic acids is 1. The number of nitrogen functional groups attached to an aromatic ring is 1. The molecule has 0 fully saturated rings. The van der Waals surface area contributed by atoms with E-state index >= 15 is 0 Å². The summed E-state index contributed by atoms with van der Waals surface area (Å²) in [5.41, 5.74) is 6.36. The molecule has 0 radical (unpaired) electrons. The predicted octanol–water partition coefficient (Wildman–Crippen LogP) is 3.08. The fourth-order valence-corrected chi connectivity index (χ4v) is 2.30. The molecular formula is C11H12ClNO2S. The third kappa shape index (κ3) is 2.46. The van der Waals surface area contributed by atoms with Gasteiger partial charge in [-0.25, -0.2) is 4.79 Å². The summed E-state index contributed by atoms with van der Waals surface area (Å²) in [6.07, 6.45) is 0. The second kappa shape index (κ2) is 5.18. The van der Waals surface area contributed by atoms with Crippen LogP contribution < -0.4 is 5.73 Å². The standard InChI is InChI=1S/C11H11NO2S.ClH/c1-2-14-11(13)10-6-7-5-8(12)3-4-9(7)15-10;/h3-6H,2,12H2,1H3;1H. The van der Waals surface area contributed by atoms with E-state index in [1.54, 1.807) is 6.92 Å². The Hall–Kier alpha value is -1.26. The van der Waals surface area contributed by atoms with Crippen LogP contribution in [0.1, 0.15) is 16.6 Å². The van der Waals surface area contributed by atoms with Crippen molar-refractivity contribution in [3.8, 4) is 0 Å². The van der Waals surface area contributed by atoms with E-state index in [0.717, 1.165) is 10.1 Å². The Balaban J connectivity index is 0.00000128. The lowest BCUT2D eigenvalue weighted by molar-refractivity contribution is 0.0532. The lowest BCUT2D eigenvalue weighted by Gasteiger charge is -1.95. The lowest BCUT2D eigenvalue weighted by Crippen LogP contribution is -2.01. The zero-order valence-corrected chi connectivity index (χ0v) is 10.4. The summed E-state index contributed by atoms with van der Waals surface area (Å²) >= 11 is 1.42. The quantitative estimate of drug-likeness (QED) is 0.664. The molecule has 16 heavy (non-hydrogen) atoms. The molecule has 0 bridgehead atoms. The number of ether oxygens (including phenoxy) is 1. The molecule has 2 N–H and O–H groups in total. The van der Waals surface area contributed by atoms with Gasteiger partial charge in [0.2, 0.25) is 0 Å². The van der Waals surface area contributed by atoms with Gasteiger partial charge in [0.25, 0.3) is 0 Å². The molecule has 0 spiro atoms. The van der Waals surface area contributed by atoms with Crippen molar-refractivity contribution >= 4 is 45.5 Å². The molecule has 3 nitrogen and oxygen atoms in total. The van der Waals surface area contributed by atoms with E-state index in [2.05, 4.69) is 0 Å². The van der Waals surface area contributed by atoms with Gasteiger partial charge in [-0.15, -0.1) is 23.7 Å². The molecule has 2 rings (SSSR count). The van der Waals surface area contributed by atoms with E-state index in [1.165, 1.54) is 11.3 Å². The maximum atomic E-state index is 11.5. The summed E-state index contributed by atoms with van der Waals surface area (Å²) in [4.78, 5) is 12.1. The van der Waals surface area contributed by atoms with Crippen LogP contribution in [0.3, 0.4) is 0 Å². The molecule has 2 aromatic rings. The van der Waals surface area contributed by atoms with Crippen LogP contribution in [0.5, 0.6) is 0 Å². The van der Waals surface area contributed by atoms with Crippen molar-refractivity contribution in [3.63, 3.8) is 0 Å². The number of fused-ring (bicyclic) bond motifs is 1. The SMILES string of the molecule is CCOC(=O)c1cc2cc(N)ccc2s1.Cl. The summed E-state index contributed by atoms with van der Waals surface area (Å²) in [7, 11) is 0. The first-order valence-electron chi connectivity index (χ1n) is 4.67. The van der Waals surface area contributed by atoms with E-state index in [0.29, 0.717) is 17.2 Å². The number of esters is 1. The number of nitrogens with two attached hydrogens (primary N) is 1. The molecule has 0 amide bonds. The number of rotatable bonds is 2. The zero-order valence-electron chi connectivity index (χ0n) is 8.73. The topological polar surface area (TPSA) is 52.3 Å². The van der Waals surface area contributed by atoms with Gasteiger partial charge in [0.15, 0.2) is 0 Å². The highest BCUT2D eigenvalue weighted by Gasteiger charge is 2.10. The van der Waals surface area contributed by atoms with Crippen LogP contribution in [0, 0.1) is 0 Å². The zero-order chi connectivity index (χ0) is 10.8.